The first-order valence-electron chi connectivity index (χ1n) is 6.14. The predicted molar refractivity (Wildman–Crippen MR) is 76.3 cm³/mol. The number of alkyl halides is 3. The summed E-state index contributed by atoms with van der Waals surface area (Å²) in [6, 6.07) is 5.15. The molecule has 0 aliphatic carbocycles. The maximum Gasteiger partial charge on any atom is 0.417 e. The van der Waals surface area contributed by atoms with Crippen molar-refractivity contribution in [2.24, 2.45) is 0 Å². The summed E-state index contributed by atoms with van der Waals surface area (Å²) in [4.78, 5) is 3.59. The number of allylic oxidation sites excluding steroid dienone is 1. The summed E-state index contributed by atoms with van der Waals surface area (Å²) in [6.07, 6.45) is -1.82. The molecule has 3 nitrogen and oxygen atoms in total. The monoisotopic (exact) mass is 329 g/mol. The first-order valence-corrected chi connectivity index (χ1v) is 6.52. The third-order valence-electron chi connectivity index (χ3n) is 2.76. The lowest BCUT2D eigenvalue weighted by Gasteiger charge is -2.12. The van der Waals surface area contributed by atoms with Crippen LogP contribution >= 0.6 is 11.6 Å². The van der Waals surface area contributed by atoms with Gasteiger partial charge < -0.3 is 9.84 Å². The molecule has 0 bridgehead atoms. The molecule has 0 radical (unpaired) electrons. The molecule has 7 heteroatoms. The lowest BCUT2D eigenvalue weighted by Crippen LogP contribution is -2.06. The molecule has 2 rings (SSSR count). The smallest absolute Gasteiger partial charge is 0.417 e. The summed E-state index contributed by atoms with van der Waals surface area (Å²) in [5.41, 5.74) is -0.280. The lowest BCUT2D eigenvalue weighted by atomic mass is 10.1. The van der Waals surface area contributed by atoms with Crippen molar-refractivity contribution in [2.45, 2.75) is 12.6 Å². The summed E-state index contributed by atoms with van der Waals surface area (Å²) >= 11 is 5.78. The topological polar surface area (TPSA) is 42.4 Å². The molecule has 116 valence electrons. The third-order valence-corrected chi connectivity index (χ3v) is 3.03. The molecule has 1 aromatic carbocycles. The molecule has 0 aliphatic heterocycles. The molecule has 0 spiro atoms. The fourth-order valence-electron chi connectivity index (χ4n) is 1.72. The average Bonchev–Trinajstić information content (AvgIpc) is 2.43. The zero-order valence-electron chi connectivity index (χ0n) is 11.2. The molecule has 1 heterocycles. The second kappa shape index (κ2) is 6.27. The normalized spacial score (nSPS) is 11.3. The van der Waals surface area contributed by atoms with Crippen molar-refractivity contribution in [1.29, 1.82) is 0 Å². The maximum absolute atomic E-state index is 12.6. The largest absolute Gasteiger partial charge is 0.508 e. The fourth-order valence-corrected chi connectivity index (χ4v) is 1.93. The lowest BCUT2D eigenvalue weighted by molar-refractivity contribution is -0.137. The van der Waals surface area contributed by atoms with E-state index >= 15 is 0 Å². The summed E-state index contributed by atoms with van der Waals surface area (Å²) in [6.45, 7) is 3.60. The second-order valence-corrected chi connectivity index (χ2v) is 4.80. The molecule has 0 fully saturated rings. The molecule has 1 N–H and O–H groups in total. The minimum atomic E-state index is -4.53. The molecule has 0 saturated carbocycles. The summed E-state index contributed by atoms with van der Waals surface area (Å²) in [7, 11) is 0. The zero-order chi connectivity index (χ0) is 16.3. The van der Waals surface area contributed by atoms with Crippen molar-refractivity contribution in [3.05, 3.63) is 59.3 Å². The van der Waals surface area contributed by atoms with Crippen LogP contribution in [-0.2, 0) is 12.6 Å². The number of halogens is 4. The van der Waals surface area contributed by atoms with Crippen LogP contribution < -0.4 is 4.74 Å². The predicted octanol–water partition coefficient (Wildman–Crippen LogP) is 4.98. The molecular formula is C15H11ClF3NO2. The molecular weight excluding hydrogens is 319 g/mol. The Kier molecular flexibility index (Phi) is 4.61. The molecule has 0 amide bonds. The van der Waals surface area contributed by atoms with Crippen LogP contribution in [0.5, 0.6) is 17.4 Å². The summed E-state index contributed by atoms with van der Waals surface area (Å²) in [5, 5.41) is 9.22. The Morgan fingerprint density at radius 3 is 2.64 bits per heavy atom. The van der Waals surface area contributed by atoms with E-state index in [2.05, 4.69) is 11.6 Å². The second-order valence-electron chi connectivity index (χ2n) is 4.40. The molecule has 0 atom stereocenters. The number of benzene rings is 1. The SMILES string of the molecule is C=CCc1ccc(O)cc1Oc1ncc(C(F)(F)F)cc1Cl. The number of phenolic OH excluding ortho intramolecular Hbond substituents is 1. The minimum absolute atomic E-state index is 0.0501. The first-order chi connectivity index (χ1) is 10.3. The van der Waals surface area contributed by atoms with E-state index in [-0.39, 0.29) is 22.4 Å². The Labute approximate surface area is 129 Å². The van der Waals surface area contributed by atoms with Gasteiger partial charge in [-0.2, -0.15) is 13.2 Å². The molecule has 2 aromatic rings. The van der Waals surface area contributed by atoms with Crippen LogP contribution in [0.3, 0.4) is 0 Å². The highest BCUT2D eigenvalue weighted by Crippen LogP contribution is 2.36. The molecule has 0 unspecified atom stereocenters. The van der Waals surface area contributed by atoms with Crippen LogP contribution in [0.1, 0.15) is 11.1 Å². The van der Waals surface area contributed by atoms with Gasteiger partial charge in [-0.15, -0.1) is 6.58 Å². The van der Waals surface area contributed by atoms with E-state index in [1.54, 1.807) is 12.1 Å². The van der Waals surface area contributed by atoms with Gasteiger partial charge in [0.15, 0.2) is 0 Å². The van der Waals surface area contributed by atoms with Gasteiger partial charge in [0.05, 0.1) is 5.56 Å². The fraction of sp³-hybridized carbons (Fsp3) is 0.133. The van der Waals surface area contributed by atoms with Crippen molar-refractivity contribution in [3.8, 4) is 17.4 Å². The van der Waals surface area contributed by atoms with Gasteiger partial charge in [0.25, 0.3) is 0 Å². The molecule has 1 aromatic heterocycles. The van der Waals surface area contributed by atoms with Crippen molar-refractivity contribution < 1.29 is 23.0 Å². The van der Waals surface area contributed by atoms with E-state index in [1.807, 2.05) is 0 Å². The van der Waals surface area contributed by atoms with Gasteiger partial charge in [-0.25, -0.2) is 4.98 Å². The van der Waals surface area contributed by atoms with Crippen LogP contribution in [0, 0.1) is 0 Å². The van der Waals surface area contributed by atoms with Crippen LogP contribution in [0.2, 0.25) is 5.02 Å². The minimum Gasteiger partial charge on any atom is -0.508 e. The average molecular weight is 330 g/mol. The maximum atomic E-state index is 12.6. The number of nitrogens with zero attached hydrogens (tertiary/aromatic N) is 1. The quantitative estimate of drug-likeness (QED) is 0.804. The molecule has 22 heavy (non-hydrogen) atoms. The number of hydrogen-bond acceptors (Lipinski definition) is 3. The number of aromatic nitrogens is 1. The number of rotatable bonds is 4. The van der Waals surface area contributed by atoms with Gasteiger partial charge in [-0.3, -0.25) is 0 Å². The highest BCUT2D eigenvalue weighted by atomic mass is 35.5. The first kappa shape index (κ1) is 16.2. The standard InChI is InChI=1S/C15H11ClF3NO2/c1-2-3-9-4-5-11(21)7-13(9)22-14-12(16)6-10(8-20-14)15(17,18)19/h2,4-8,21H,1,3H2. The highest BCUT2D eigenvalue weighted by molar-refractivity contribution is 6.31. The van der Waals surface area contributed by atoms with Gasteiger partial charge >= 0.3 is 6.18 Å². The van der Waals surface area contributed by atoms with Gasteiger partial charge in [0.1, 0.15) is 16.5 Å². The van der Waals surface area contributed by atoms with Gasteiger partial charge in [0.2, 0.25) is 5.88 Å². The van der Waals surface area contributed by atoms with Crippen molar-refractivity contribution in [2.75, 3.05) is 0 Å². The van der Waals surface area contributed by atoms with Crippen LogP contribution in [0.25, 0.3) is 0 Å². The van der Waals surface area contributed by atoms with Crippen LogP contribution in [-0.4, -0.2) is 10.1 Å². The third kappa shape index (κ3) is 3.71. The van der Waals surface area contributed by atoms with E-state index in [4.69, 9.17) is 16.3 Å². The van der Waals surface area contributed by atoms with Crippen molar-refractivity contribution >= 4 is 11.6 Å². The Morgan fingerprint density at radius 2 is 2.05 bits per heavy atom. The molecule has 0 saturated heterocycles. The number of aromatic hydroxyl groups is 1. The summed E-state index contributed by atoms with van der Waals surface area (Å²) < 4.78 is 43.1. The van der Waals surface area contributed by atoms with Crippen LogP contribution in [0.4, 0.5) is 13.2 Å². The van der Waals surface area contributed by atoms with Gasteiger partial charge in [0, 0.05) is 12.3 Å². The van der Waals surface area contributed by atoms with E-state index in [1.165, 1.54) is 12.1 Å². The number of phenols is 1. The van der Waals surface area contributed by atoms with Gasteiger partial charge in [-0.1, -0.05) is 23.7 Å². The van der Waals surface area contributed by atoms with E-state index < -0.39 is 11.7 Å². The number of pyridine rings is 1. The Bertz CT molecular complexity index is 702. The Morgan fingerprint density at radius 1 is 1.32 bits per heavy atom. The van der Waals surface area contributed by atoms with E-state index in [0.29, 0.717) is 18.2 Å². The highest BCUT2D eigenvalue weighted by Gasteiger charge is 2.31. The van der Waals surface area contributed by atoms with Crippen LogP contribution in [0.15, 0.2) is 43.1 Å². The Hall–Kier alpha value is -2.21. The van der Waals surface area contributed by atoms with Crippen molar-refractivity contribution in [1.82, 2.24) is 4.98 Å². The Balaban J connectivity index is 2.35. The summed E-state index contributed by atoms with van der Waals surface area (Å²) in [5.74, 6) is 0.0190. The number of ether oxygens (including phenoxy) is 1. The van der Waals surface area contributed by atoms with E-state index in [9.17, 15) is 18.3 Å². The zero-order valence-corrected chi connectivity index (χ0v) is 11.9. The van der Waals surface area contributed by atoms with Gasteiger partial charge in [-0.05, 0) is 24.1 Å². The number of hydrogen-bond donors (Lipinski definition) is 1. The van der Waals surface area contributed by atoms with E-state index in [0.717, 1.165) is 6.07 Å². The van der Waals surface area contributed by atoms with Crippen molar-refractivity contribution in [3.63, 3.8) is 0 Å². The molecule has 0 aliphatic rings.